The van der Waals surface area contributed by atoms with Crippen LogP contribution in [0.4, 0.5) is 24.5 Å². The minimum atomic E-state index is -4.53. The number of carbonyl (C=O) groups is 1. The maximum absolute atomic E-state index is 13.0. The Morgan fingerprint density at radius 3 is 2.36 bits per heavy atom. The zero-order valence-electron chi connectivity index (χ0n) is 13.9. The molecule has 0 aliphatic rings. The molecule has 0 aliphatic carbocycles. The lowest BCUT2D eigenvalue weighted by Crippen LogP contribution is -2.32. The average molecular weight is 352 g/mol. The molecule has 1 atom stereocenters. The number of ether oxygens (including phenoxy) is 1. The molecule has 7 heteroatoms. The van der Waals surface area contributed by atoms with Gasteiger partial charge in [-0.15, -0.1) is 0 Å². The molecule has 134 valence electrons. The van der Waals surface area contributed by atoms with Gasteiger partial charge in [0.15, 0.2) is 0 Å². The van der Waals surface area contributed by atoms with Crippen molar-refractivity contribution in [2.45, 2.75) is 26.1 Å². The van der Waals surface area contributed by atoms with Crippen LogP contribution < -0.4 is 15.4 Å². The number of hydrogen-bond acceptors (Lipinski definition) is 3. The van der Waals surface area contributed by atoms with Crippen molar-refractivity contribution < 1.29 is 22.7 Å². The molecule has 0 spiro atoms. The van der Waals surface area contributed by atoms with Crippen LogP contribution in [0.2, 0.25) is 0 Å². The van der Waals surface area contributed by atoms with Gasteiger partial charge in [0.05, 0.1) is 17.9 Å². The number of para-hydroxylation sites is 1. The number of halogens is 3. The zero-order valence-corrected chi connectivity index (χ0v) is 13.9. The maximum Gasteiger partial charge on any atom is 0.418 e. The molecular formula is C18H19F3N2O2. The summed E-state index contributed by atoms with van der Waals surface area (Å²) < 4.78 is 44.2. The second kappa shape index (κ2) is 7.92. The van der Waals surface area contributed by atoms with Gasteiger partial charge in [-0.3, -0.25) is 4.79 Å². The lowest BCUT2D eigenvalue weighted by molar-refractivity contribution is -0.137. The van der Waals surface area contributed by atoms with E-state index in [1.54, 1.807) is 31.2 Å². The number of rotatable bonds is 6. The summed E-state index contributed by atoms with van der Waals surface area (Å²) in [7, 11) is 0. The van der Waals surface area contributed by atoms with Crippen LogP contribution in [0.3, 0.4) is 0 Å². The van der Waals surface area contributed by atoms with E-state index in [-0.39, 0.29) is 5.69 Å². The molecule has 0 heterocycles. The highest BCUT2D eigenvalue weighted by atomic mass is 19.4. The van der Waals surface area contributed by atoms with E-state index in [2.05, 4.69) is 10.6 Å². The highest BCUT2D eigenvalue weighted by molar-refractivity contribution is 5.96. The van der Waals surface area contributed by atoms with Crippen LogP contribution in [0.25, 0.3) is 0 Å². The van der Waals surface area contributed by atoms with Crippen molar-refractivity contribution in [2.24, 2.45) is 0 Å². The van der Waals surface area contributed by atoms with Crippen LogP contribution in [0.5, 0.6) is 5.75 Å². The summed E-state index contributed by atoms with van der Waals surface area (Å²) >= 11 is 0. The van der Waals surface area contributed by atoms with E-state index in [9.17, 15) is 18.0 Å². The van der Waals surface area contributed by atoms with Gasteiger partial charge in [0, 0.05) is 5.69 Å². The first kappa shape index (κ1) is 18.6. The van der Waals surface area contributed by atoms with Crippen molar-refractivity contribution in [1.29, 1.82) is 0 Å². The molecule has 0 bridgehead atoms. The molecule has 1 amide bonds. The number of anilines is 2. The van der Waals surface area contributed by atoms with Gasteiger partial charge in [0.25, 0.3) is 0 Å². The largest absolute Gasteiger partial charge is 0.494 e. The van der Waals surface area contributed by atoms with E-state index in [1.165, 1.54) is 18.2 Å². The average Bonchev–Trinajstić information content (AvgIpc) is 2.56. The summed E-state index contributed by atoms with van der Waals surface area (Å²) in [5, 5.41) is 5.26. The Hall–Kier alpha value is -2.70. The maximum atomic E-state index is 13.0. The molecule has 2 aromatic rings. The molecule has 0 aliphatic heterocycles. The zero-order chi connectivity index (χ0) is 18.4. The molecule has 2 aromatic carbocycles. The van der Waals surface area contributed by atoms with Gasteiger partial charge in [-0.1, -0.05) is 12.1 Å². The van der Waals surface area contributed by atoms with Crippen molar-refractivity contribution in [3.05, 3.63) is 54.1 Å². The van der Waals surface area contributed by atoms with Gasteiger partial charge in [-0.2, -0.15) is 13.2 Å². The number of amides is 1. The molecule has 0 fully saturated rings. The van der Waals surface area contributed by atoms with E-state index in [1.807, 2.05) is 6.92 Å². The van der Waals surface area contributed by atoms with Gasteiger partial charge in [0.1, 0.15) is 11.8 Å². The Morgan fingerprint density at radius 2 is 1.76 bits per heavy atom. The molecule has 1 unspecified atom stereocenters. The minimum absolute atomic E-state index is 0.264. The molecule has 0 saturated heterocycles. The van der Waals surface area contributed by atoms with E-state index < -0.39 is 23.7 Å². The van der Waals surface area contributed by atoms with Gasteiger partial charge in [-0.05, 0) is 50.2 Å². The number of alkyl halides is 3. The minimum Gasteiger partial charge on any atom is -0.494 e. The third-order valence-electron chi connectivity index (χ3n) is 3.43. The normalized spacial score (nSPS) is 12.4. The van der Waals surface area contributed by atoms with E-state index in [0.29, 0.717) is 18.0 Å². The highest BCUT2D eigenvalue weighted by Crippen LogP contribution is 2.34. The van der Waals surface area contributed by atoms with Crippen LogP contribution in [0, 0.1) is 0 Å². The highest BCUT2D eigenvalue weighted by Gasteiger charge is 2.33. The lowest BCUT2D eigenvalue weighted by Gasteiger charge is -2.18. The summed E-state index contributed by atoms with van der Waals surface area (Å²) in [6, 6.07) is 11.1. The Balaban J connectivity index is 2.03. The predicted octanol–water partition coefficient (Wildman–Crippen LogP) is 4.54. The molecule has 0 saturated carbocycles. The summed E-state index contributed by atoms with van der Waals surface area (Å²) in [5.41, 5.74) is -0.479. The van der Waals surface area contributed by atoms with Crippen LogP contribution in [0.1, 0.15) is 19.4 Å². The Bertz CT molecular complexity index is 715. The van der Waals surface area contributed by atoms with Crippen LogP contribution in [-0.2, 0) is 11.0 Å². The first-order valence-corrected chi connectivity index (χ1v) is 7.77. The second-order valence-corrected chi connectivity index (χ2v) is 5.36. The van der Waals surface area contributed by atoms with Crippen molar-refractivity contribution >= 4 is 17.3 Å². The quantitative estimate of drug-likeness (QED) is 0.802. The Labute approximate surface area is 144 Å². The molecular weight excluding hydrogens is 333 g/mol. The van der Waals surface area contributed by atoms with Crippen molar-refractivity contribution in [2.75, 3.05) is 17.2 Å². The van der Waals surface area contributed by atoms with Gasteiger partial charge >= 0.3 is 6.18 Å². The summed E-state index contributed by atoms with van der Waals surface area (Å²) in [6.45, 7) is 3.99. The van der Waals surface area contributed by atoms with Gasteiger partial charge in [0.2, 0.25) is 5.91 Å². The third-order valence-corrected chi connectivity index (χ3v) is 3.43. The van der Waals surface area contributed by atoms with Gasteiger partial charge < -0.3 is 15.4 Å². The molecule has 0 radical (unpaired) electrons. The monoisotopic (exact) mass is 352 g/mol. The SMILES string of the molecule is CCOc1ccc(NC(C)C(=O)Nc2ccccc2C(F)(F)F)cc1. The molecule has 25 heavy (non-hydrogen) atoms. The Morgan fingerprint density at radius 1 is 1.12 bits per heavy atom. The number of nitrogens with one attached hydrogen (secondary N) is 2. The smallest absolute Gasteiger partial charge is 0.418 e. The van der Waals surface area contributed by atoms with Crippen LogP contribution >= 0.6 is 0 Å². The number of hydrogen-bond donors (Lipinski definition) is 2. The fourth-order valence-corrected chi connectivity index (χ4v) is 2.21. The fourth-order valence-electron chi connectivity index (χ4n) is 2.21. The molecule has 2 rings (SSSR count). The number of benzene rings is 2. The fraction of sp³-hybridized carbons (Fsp3) is 0.278. The molecule has 0 aromatic heterocycles. The van der Waals surface area contributed by atoms with Crippen molar-refractivity contribution in [3.8, 4) is 5.75 Å². The van der Waals surface area contributed by atoms with Crippen molar-refractivity contribution in [3.63, 3.8) is 0 Å². The van der Waals surface area contributed by atoms with Crippen molar-refractivity contribution in [1.82, 2.24) is 0 Å². The molecule has 4 nitrogen and oxygen atoms in total. The van der Waals surface area contributed by atoms with Crippen LogP contribution in [0.15, 0.2) is 48.5 Å². The standard InChI is InChI=1S/C18H19F3N2O2/c1-3-25-14-10-8-13(9-11-14)22-12(2)17(24)23-16-7-5-4-6-15(16)18(19,20)21/h4-12,22H,3H2,1-2H3,(H,23,24). The first-order chi connectivity index (χ1) is 11.8. The Kier molecular flexibility index (Phi) is 5.90. The lowest BCUT2D eigenvalue weighted by atomic mass is 10.1. The third kappa shape index (κ3) is 5.14. The topological polar surface area (TPSA) is 50.4 Å². The summed E-state index contributed by atoms with van der Waals surface area (Å²) in [6.07, 6.45) is -4.53. The summed E-state index contributed by atoms with van der Waals surface area (Å²) in [5.74, 6) is 0.134. The van der Waals surface area contributed by atoms with Crippen LogP contribution in [-0.4, -0.2) is 18.6 Å². The number of carbonyl (C=O) groups excluding carboxylic acids is 1. The second-order valence-electron chi connectivity index (χ2n) is 5.36. The predicted molar refractivity (Wildman–Crippen MR) is 90.8 cm³/mol. The van der Waals surface area contributed by atoms with E-state index in [0.717, 1.165) is 6.07 Å². The van der Waals surface area contributed by atoms with E-state index >= 15 is 0 Å². The van der Waals surface area contributed by atoms with Gasteiger partial charge in [-0.25, -0.2) is 0 Å². The molecule has 2 N–H and O–H groups in total. The summed E-state index contributed by atoms with van der Waals surface area (Å²) in [4.78, 5) is 12.2. The van der Waals surface area contributed by atoms with E-state index in [4.69, 9.17) is 4.74 Å². The first-order valence-electron chi connectivity index (χ1n) is 7.77.